The van der Waals surface area contributed by atoms with Crippen molar-refractivity contribution >= 4 is 5.96 Å². The molecule has 3 rings (SSSR count). The number of aliphatic imine (C=N–C) groups is 1. The first-order valence-electron chi connectivity index (χ1n) is 11.1. The normalized spacial score (nSPS) is 22.2. The predicted molar refractivity (Wildman–Crippen MR) is 114 cm³/mol. The smallest absolute Gasteiger partial charge is 0.251 e. The van der Waals surface area contributed by atoms with Crippen molar-refractivity contribution in [1.82, 2.24) is 35.2 Å². The fourth-order valence-electron chi connectivity index (χ4n) is 4.30. The van der Waals surface area contributed by atoms with Gasteiger partial charge in [-0.15, -0.1) is 10.2 Å². The molecular weight excluding hydrogens is 390 g/mol. The average Bonchev–Trinajstić information content (AvgIpc) is 3.31. The van der Waals surface area contributed by atoms with Crippen LogP contribution in [0.5, 0.6) is 0 Å². The van der Waals surface area contributed by atoms with Crippen molar-refractivity contribution in [2.24, 2.45) is 12.0 Å². The Morgan fingerprint density at radius 2 is 1.97 bits per heavy atom. The predicted octanol–water partition coefficient (Wildman–Crippen LogP) is 1.37. The topological polar surface area (TPSA) is 73.6 Å². The number of aryl methyl sites for hydroxylation is 1. The summed E-state index contributed by atoms with van der Waals surface area (Å²) in [5, 5.41) is 15.4. The zero-order chi connectivity index (χ0) is 21.5. The first-order chi connectivity index (χ1) is 14.5. The summed E-state index contributed by atoms with van der Waals surface area (Å²) in [5.74, 6) is 2.45. The molecule has 2 aliphatic heterocycles. The van der Waals surface area contributed by atoms with Crippen LogP contribution >= 0.6 is 0 Å². The fourth-order valence-corrected chi connectivity index (χ4v) is 4.30. The molecule has 2 aliphatic rings. The molecule has 0 bridgehead atoms. The van der Waals surface area contributed by atoms with E-state index in [9.17, 15) is 8.78 Å². The van der Waals surface area contributed by atoms with Crippen molar-refractivity contribution in [1.29, 1.82) is 0 Å². The first kappa shape index (κ1) is 22.9. The van der Waals surface area contributed by atoms with Crippen LogP contribution in [0.4, 0.5) is 8.78 Å². The quantitative estimate of drug-likeness (QED) is 0.483. The molecule has 0 saturated carbocycles. The van der Waals surface area contributed by atoms with E-state index in [2.05, 4.69) is 32.7 Å². The zero-order valence-electron chi connectivity index (χ0n) is 18.4. The number of piperidine rings is 1. The van der Waals surface area contributed by atoms with Gasteiger partial charge in [0.25, 0.3) is 6.43 Å². The molecule has 0 aromatic carbocycles. The van der Waals surface area contributed by atoms with E-state index < -0.39 is 6.43 Å². The number of likely N-dealkylation sites (N-methyl/N-ethyl adjacent to an activating group) is 1. The second kappa shape index (κ2) is 11.0. The van der Waals surface area contributed by atoms with E-state index in [0.29, 0.717) is 25.7 Å². The van der Waals surface area contributed by atoms with Crippen LogP contribution in [0.3, 0.4) is 0 Å². The molecule has 30 heavy (non-hydrogen) atoms. The van der Waals surface area contributed by atoms with Gasteiger partial charge in [0.15, 0.2) is 11.8 Å². The SMILES string of the molecule is CCN1CCCC1CNC(=NCc1nnc(C)n1C)NC1CCN(CC(F)F)CC1. The second-order valence-electron chi connectivity index (χ2n) is 8.30. The molecule has 0 aliphatic carbocycles. The number of aromatic nitrogens is 3. The number of halogens is 2. The van der Waals surface area contributed by atoms with Gasteiger partial charge in [-0.25, -0.2) is 13.8 Å². The van der Waals surface area contributed by atoms with Crippen molar-refractivity contribution in [2.45, 2.75) is 64.6 Å². The molecule has 2 fully saturated rings. The van der Waals surface area contributed by atoms with Crippen LogP contribution in [0.15, 0.2) is 4.99 Å². The van der Waals surface area contributed by atoms with E-state index in [1.807, 2.05) is 23.4 Å². The minimum absolute atomic E-state index is 0.133. The van der Waals surface area contributed by atoms with Crippen LogP contribution in [0.1, 0.15) is 44.3 Å². The van der Waals surface area contributed by atoms with Crippen molar-refractivity contribution in [2.75, 3.05) is 39.3 Å². The van der Waals surface area contributed by atoms with Crippen molar-refractivity contribution in [3.8, 4) is 0 Å². The van der Waals surface area contributed by atoms with Gasteiger partial charge in [0.2, 0.25) is 0 Å². The summed E-state index contributed by atoms with van der Waals surface area (Å²) in [4.78, 5) is 9.10. The molecule has 8 nitrogen and oxygen atoms in total. The number of nitrogens with one attached hydrogen (secondary N) is 2. The Labute approximate surface area is 178 Å². The molecule has 1 aromatic heterocycles. The van der Waals surface area contributed by atoms with E-state index in [-0.39, 0.29) is 12.6 Å². The van der Waals surface area contributed by atoms with Crippen LogP contribution in [-0.2, 0) is 13.6 Å². The van der Waals surface area contributed by atoms with Gasteiger partial charge in [0, 0.05) is 38.8 Å². The minimum Gasteiger partial charge on any atom is -0.355 e. The summed E-state index contributed by atoms with van der Waals surface area (Å²) in [6.07, 6.45) is 1.84. The number of guanidine groups is 1. The molecule has 0 spiro atoms. The molecule has 3 heterocycles. The van der Waals surface area contributed by atoms with E-state index >= 15 is 0 Å². The Kier molecular flexibility index (Phi) is 8.38. The van der Waals surface area contributed by atoms with Crippen molar-refractivity contribution < 1.29 is 8.78 Å². The lowest BCUT2D eigenvalue weighted by atomic mass is 10.1. The number of nitrogens with zero attached hydrogens (tertiary/aromatic N) is 6. The largest absolute Gasteiger partial charge is 0.355 e. The van der Waals surface area contributed by atoms with Crippen LogP contribution in [0.25, 0.3) is 0 Å². The third kappa shape index (κ3) is 6.34. The zero-order valence-corrected chi connectivity index (χ0v) is 18.4. The summed E-state index contributed by atoms with van der Waals surface area (Å²) in [7, 11) is 1.94. The fraction of sp³-hybridized carbons (Fsp3) is 0.850. The average molecular weight is 427 g/mol. The maximum atomic E-state index is 12.6. The van der Waals surface area contributed by atoms with Gasteiger partial charge in [0.1, 0.15) is 12.4 Å². The molecule has 1 aromatic rings. The highest BCUT2D eigenvalue weighted by Gasteiger charge is 2.25. The summed E-state index contributed by atoms with van der Waals surface area (Å²) in [6.45, 7) is 8.87. The molecule has 2 saturated heterocycles. The van der Waals surface area contributed by atoms with E-state index in [1.165, 1.54) is 12.8 Å². The Balaban J connectivity index is 1.59. The highest BCUT2D eigenvalue weighted by atomic mass is 19.3. The molecular formula is C20H36F2N8. The van der Waals surface area contributed by atoms with Crippen LogP contribution in [0, 0.1) is 6.92 Å². The van der Waals surface area contributed by atoms with Gasteiger partial charge >= 0.3 is 0 Å². The Morgan fingerprint density at radius 3 is 2.60 bits per heavy atom. The van der Waals surface area contributed by atoms with Gasteiger partial charge < -0.3 is 15.2 Å². The monoisotopic (exact) mass is 426 g/mol. The van der Waals surface area contributed by atoms with Gasteiger partial charge in [-0.05, 0) is 45.7 Å². The van der Waals surface area contributed by atoms with Gasteiger partial charge in [0.05, 0.1) is 6.54 Å². The maximum Gasteiger partial charge on any atom is 0.251 e. The summed E-state index contributed by atoms with van der Waals surface area (Å²) < 4.78 is 27.2. The molecule has 10 heteroatoms. The molecule has 1 atom stereocenters. The molecule has 2 N–H and O–H groups in total. The lowest BCUT2D eigenvalue weighted by molar-refractivity contribution is 0.0744. The Hall–Kier alpha value is -1.81. The molecule has 170 valence electrons. The molecule has 0 amide bonds. The van der Waals surface area contributed by atoms with Gasteiger partial charge in [-0.2, -0.15) is 0 Å². The highest BCUT2D eigenvalue weighted by molar-refractivity contribution is 5.80. The maximum absolute atomic E-state index is 12.6. The van der Waals surface area contributed by atoms with Crippen molar-refractivity contribution in [3.05, 3.63) is 11.6 Å². The van der Waals surface area contributed by atoms with Crippen LogP contribution < -0.4 is 10.6 Å². The number of hydrogen-bond donors (Lipinski definition) is 2. The van der Waals surface area contributed by atoms with E-state index in [0.717, 1.165) is 50.1 Å². The lowest BCUT2D eigenvalue weighted by Crippen LogP contribution is -2.51. The Bertz CT molecular complexity index is 684. The van der Waals surface area contributed by atoms with Crippen molar-refractivity contribution in [3.63, 3.8) is 0 Å². The van der Waals surface area contributed by atoms with E-state index in [1.54, 1.807) is 0 Å². The Morgan fingerprint density at radius 1 is 1.20 bits per heavy atom. The summed E-state index contributed by atoms with van der Waals surface area (Å²) in [6, 6.07) is 0.754. The van der Waals surface area contributed by atoms with Crippen LogP contribution in [-0.4, -0.2) is 88.3 Å². The second-order valence-corrected chi connectivity index (χ2v) is 8.30. The minimum atomic E-state index is -2.27. The number of alkyl halides is 2. The third-order valence-corrected chi connectivity index (χ3v) is 6.30. The van der Waals surface area contributed by atoms with Gasteiger partial charge in [-0.1, -0.05) is 6.92 Å². The molecule has 0 radical (unpaired) electrons. The first-order valence-corrected chi connectivity index (χ1v) is 11.1. The van der Waals surface area contributed by atoms with E-state index in [4.69, 9.17) is 4.99 Å². The number of hydrogen-bond acceptors (Lipinski definition) is 5. The summed E-state index contributed by atoms with van der Waals surface area (Å²) >= 11 is 0. The standard InChI is InChI=1S/C20H36F2N8/c1-4-30-9-5-6-17(30)12-23-20(24-13-19-27-26-15(2)28(19)3)25-16-7-10-29(11-8-16)14-18(21)22/h16-18H,4-14H2,1-3H3,(H2,23,24,25). The van der Waals surface area contributed by atoms with Gasteiger partial charge in [-0.3, -0.25) is 9.80 Å². The highest BCUT2D eigenvalue weighted by Crippen LogP contribution is 2.16. The third-order valence-electron chi connectivity index (χ3n) is 6.30. The summed E-state index contributed by atoms with van der Waals surface area (Å²) in [5.41, 5.74) is 0. The number of rotatable bonds is 8. The number of likely N-dealkylation sites (tertiary alicyclic amines) is 2. The van der Waals surface area contributed by atoms with Crippen LogP contribution in [0.2, 0.25) is 0 Å². The lowest BCUT2D eigenvalue weighted by Gasteiger charge is -2.33. The molecule has 1 unspecified atom stereocenters.